The van der Waals surface area contributed by atoms with E-state index in [0.29, 0.717) is 12.0 Å². The van der Waals surface area contributed by atoms with Gasteiger partial charge in [-0.2, -0.15) is 0 Å². The standard InChI is InChI=1S/C17H24N2O/c18-17(20)13-9-7-12(8-10-13)14-4-1-2-5-15(14)16-6-3-11-19-16/h1-2,4-5,12-13,16,19H,3,6-11H2,(H2,18,20). The Kier molecular flexibility index (Phi) is 4.06. The first-order chi connectivity index (χ1) is 9.75. The summed E-state index contributed by atoms with van der Waals surface area (Å²) in [6.07, 6.45) is 6.61. The van der Waals surface area contributed by atoms with Crippen LogP contribution in [0.3, 0.4) is 0 Å². The second-order valence-corrected chi connectivity index (χ2v) is 6.23. The second-order valence-electron chi connectivity index (χ2n) is 6.23. The van der Waals surface area contributed by atoms with Gasteiger partial charge in [0.2, 0.25) is 5.91 Å². The number of carbonyl (C=O) groups is 1. The molecule has 1 unspecified atom stereocenters. The first kappa shape index (κ1) is 13.6. The van der Waals surface area contributed by atoms with E-state index in [9.17, 15) is 4.79 Å². The molecule has 0 aromatic heterocycles. The minimum Gasteiger partial charge on any atom is -0.369 e. The van der Waals surface area contributed by atoms with E-state index in [1.807, 2.05) is 0 Å². The van der Waals surface area contributed by atoms with E-state index in [1.165, 1.54) is 24.0 Å². The maximum Gasteiger partial charge on any atom is 0.220 e. The lowest BCUT2D eigenvalue weighted by atomic mass is 9.76. The second kappa shape index (κ2) is 5.96. The molecule has 3 heteroatoms. The predicted octanol–water partition coefficient (Wildman–Crippen LogP) is 2.87. The summed E-state index contributed by atoms with van der Waals surface area (Å²) in [5.41, 5.74) is 8.41. The molecule has 3 nitrogen and oxygen atoms in total. The fraction of sp³-hybridized carbons (Fsp3) is 0.588. The number of nitrogens with one attached hydrogen (secondary N) is 1. The zero-order chi connectivity index (χ0) is 13.9. The van der Waals surface area contributed by atoms with Crippen LogP contribution >= 0.6 is 0 Å². The van der Waals surface area contributed by atoms with E-state index in [0.717, 1.165) is 32.2 Å². The highest BCUT2D eigenvalue weighted by atomic mass is 16.1. The zero-order valence-corrected chi connectivity index (χ0v) is 12.0. The van der Waals surface area contributed by atoms with Crippen LogP contribution in [0.4, 0.5) is 0 Å². The molecule has 1 aromatic rings. The topological polar surface area (TPSA) is 55.1 Å². The molecule has 1 heterocycles. The van der Waals surface area contributed by atoms with E-state index in [-0.39, 0.29) is 11.8 Å². The van der Waals surface area contributed by atoms with Gasteiger partial charge >= 0.3 is 0 Å². The van der Waals surface area contributed by atoms with Crippen molar-refractivity contribution in [2.24, 2.45) is 11.7 Å². The van der Waals surface area contributed by atoms with Crippen LogP contribution in [0.5, 0.6) is 0 Å². The lowest BCUT2D eigenvalue weighted by Crippen LogP contribution is -2.27. The Bertz CT molecular complexity index is 472. The van der Waals surface area contributed by atoms with Crippen LogP contribution in [0.25, 0.3) is 0 Å². The Morgan fingerprint density at radius 3 is 2.35 bits per heavy atom. The Morgan fingerprint density at radius 2 is 1.75 bits per heavy atom. The highest BCUT2D eigenvalue weighted by Crippen LogP contribution is 2.39. The normalized spacial score (nSPS) is 30.3. The summed E-state index contributed by atoms with van der Waals surface area (Å²) in [6, 6.07) is 9.38. The Balaban J connectivity index is 1.76. The van der Waals surface area contributed by atoms with Gasteiger partial charge in [0, 0.05) is 12.0 Å². The average Bonchev–Trinajstić information content (AvgIpc) is 3.01. The molecule has 1 aromatic carbocycles. The van der Waals surface area contributed by atoms with E-state index < -0.39 is 0 Å². The van der Waals surface area contributed by atoms with Gasteiger partial charge in [0.05, 0.1) is 0 Å². The molecule has 0 bridgehead atoms. The zero-order valence-electron chi connectivity index (χ0n) is 12.0. The molecule has 0 spiro atoms. The van der Waals surface area contributed by atoms with Crippen LogP contribution in [0, 0.1) is 5.92 Å². The van der Waals surface area contributed by atoms with Crippen molar-refractivity contribution in [3.05, 3.63) is 35.4 Å². The molecule has 20 heavy (non-hydrogen) atoms. The summed E-state index contributed by atoms with van der Waals surface area (Å²) in [7, 11) is 0. The van der Waals surface area contributed by atoms with Crippen molar-refractivity contribution in [1.82, 2.24) is 5.32 Å². The highest BCUT2D eigenvalue weighted by molar-refractivity contribution is 5.76. The lowest BCUT2D eigenvalue weighted by molar-refractivity contribution is -0.122. The summed E-state index contributed by atoms with van der Waals surface area (Å²) in [6.45, 7) is 1.13. The molecule has 2 aliphatic rings. The molecule has 1 saturated carbocycles. The van der Waals surface area contributed by atoms with Gasteiger partial charge in [0.25, 0.3) is 0 Å². The van der Waals surface area contributed by atoms with Gasteiger partial charge in [-0.25, -0.2) is 0 Å². The molecule has 3 N–H and O–H groups in total. The summed E-state index contributed by atoms with van der Waals surface area (Å²) in [5, 5.41) is 3.61. The quantitative estimate of drug-likeness (QED) is 0.889. The van der Waals surface area contributed by atoms with Gasteiger partial charge in [-0.3, -0.25) is 4.79 Å². The van der Waals surface area contributed by atoms with Crippen LogP contribution in [0.1, 0.15) is 61.6 Å². The van der Waals surface area contributed by atoms with Gasteiger partial charge in [0.1, 0.15) is 0 Å². The number of hydrogen-bond acceptors (Lipinski definition) is 2. The first-order valence-corrected chi connectivity index (χ1v) is 7.87. The molecule has 1 amide bonds. The predicted molar refractivity (Wildman–Crippen MR) is 80.3 cm³/mol. The summed E-state index contributed by atoms with van der Waals surface area (Å²) >= 11 is 0. The van der Waals surface area contributed by atoms with Crippen molar-refractivity contribution in [1.29, 1.82) is 0 Å². The SMILES string of the molecule is NC(=O)C1CCC(c2ccccc2C2CCCN2)CC1. The van der Waals surface area contributed by atoms with Crippen molar-refractivity contribution in [2.75, 3.05) is 6.54 Å². The molecule has 3 rings (SSSR count). The minimum atomic E-state index is -0.116. The summed E-state index contributed by atoms with van der Waals surface area (Å²) in [5.74, 6) is 0.585. The number of amides is 1. The van der Waals surface area contributed by atoms with Crippen molar-refractivity contribution in [3.63, 3.8) is 0 Å². The largest absolute Gasteiger partial charge is 0.369 e. The average molecular weight is 272 g/mol. The van der Waals surface area contributed by atoms with Crippen LogP contribution in [0.2, 0.25) is 0 Å². The van der Waals surface area contributed by atoms with E-state index in [4.69, 9.17) is 5.73 Å². The smallest absolute Gasteiger partial charge is 0.220 e. The van der Waals surface area contributed by atoms with Gasteiger partial charge in [0.15, 0.2) is 0 Å². The monoisotopic (exact) mass is 272 g/mol. The lowest BCUT2D eigenvalue weighted by Gasteiger charge is -2.29. The number of hydrogen-bond donors (Lipinski definition) is 2. The summed E-state index contributed by atoms with van der Waals surface area (Å²) < 4.78 is 0. The number of benzene rings is 1. The van der Waals surface area contributed by atoms with Crippen molar-refractivity contribution >= 4 is 5.91 Å². The maximum absolute atomic E-state index is 11.3. The first-order valence-electron chi connectivity index (χ1n) is 7.87. The third-order valence-corrected chi connectivity index (χ3v) is 5.00. The maximum atomic E-state index is 11.3. The van der Waals surface area contributed by atoms with E-state index in [1.54, 1.807) is 0 Å². The fourth-order valence-corrected chi connectivity index (χ4v) is 3.84. The molecule has 108 valence electrons. The van der Waals surface area contributed by atoms with Crippen molar-refractivity contribution in [3.8, 4) is 0 Å². The molecule has 0 radical (unpaired) electrons. The summed E-state index contributed by atoms with van der Waals surface area (Å²) in [4.78, 5) is 11.3. The fourth-order valence-electron chi connectivity index (χ4n) is 3.84. The third-order valence-electron chi connectivity index (χ3n) is 5.00. The number of rotatable bonds is 3. The van der Waals surface area contributed by atoms with Gasteiger partial charge in [-0.1, -0.05) is 24.3 Å². The van der Waals surface area contributed by atoms with Crippen LogP contribution in [-0.4, -0.2) is 12.5 Å². The number of carbonyl (C=O) groups excluding carboxylic acids is 1. The van der Waals surface area contributed by atoms with Crippen LogP contribution < -0.4 is 11.1 Å². The van der Waals surface area contributed by atoms with Crippen molar-refractivity contribution in [2.45, 2.75) is 50.5 Å². The molecule has 1 atom stereocenters. The van der Waals surface area contributed by atoms with Gasteiger partial charge < -0.3 is 11.1 Å². The number of nitrogens with two attached hydrogens (primary N) is 1. The Hall–Kier alpha value is -1.35. The van der Waals surface area contributed by atoms with Gasteiger partial charge in [-0.05, 0) is 62.1 Å². The molecule has 1 aliphatic heterocycles. The highest BCUT2D eigenvalue weighted by Gasteiger charge is 2.28. The van der Waals surface area contributed by atoms with Crippen LogP contribution in [0.15, 0.2) is 24.3 Å². The molecule has 1 saturated heterocycles. The molecular weight excluding hydrogens is 248 g/mol. The number of primary amides is 1. The molecule has 1 aliphatic carbocycles. The minimum absolute atomic E-state index is 0.100. The molecule has 2 fully saturated rings. The van der Waals surface area contributed by atoms with Gasteiger partial charge in [-0.15, -0.1) is 0 Å². The van der Waals surface area contributed by atoms with E-state index in [2.05, 4.69) is 29.6 Å². The van der Waals surface area contributed by atoms with E-state index >= 15 is 0 Å². The third kappa shape index (κ3) is 2.73. The molecular formula is C17H24N2O. The van der Waals surface area contributed by atoms with Crippen molar-refractivity contribution < 1.29 is 4.79 Å². The Morgan fingerprint density at radius 1 is 1.05 bits per heavy atom. The Labute approximate surface area is 120 Å². The van der Waals surface area contributed by atoms with Crippen LogP contribution in [-0.2, 0) is 4.79 Å².